The van der Waals surface area contributed by atoms with Crippen molar-refractivity contribution in [2.45, 2.75) is 23.4 Å². The Morgan fingerprint density at radius 3 is 2.82 bits per heavy atom. The molecule has 1 saturated carbocycles. The Balaban J connectivity index is 1.85. The van der Waals surface area contributed by atoms with Gasteiger partial charge in [-0.3, -0.25) is 0 Å². The summed E-state index contributed by atoms with van der Waals surface area (Å²) in [5, 5.41) is 8.87. The highest BCUT2D eigenvalue weighted by Crippen LogP contribution is 2.54. The SMILES string of the molecule is Cn1c(S)nnc1C1CC1c1cccc(Br)c1. The van der Waals surface area contributed by atoms with Gasteiger partial charge >= 0.3 is 0 Å². The molecule has 17 heavy (non-hydrogen) atoms. The van der Waals surface area contributed by atoms with Crippen molar-refractivity contribution in [1.29, 1.82) is 0 Å². The molecule has 0 radical (unpaired) electrons. The summed E-state index contributed by atoms with van der Waals surface area (Å²) in [5.41, 5.74) is 1.37. The van der Waals surface area contributed by atoms with Crippen LogP contribution in [0.5, 0.6) is 0 Å². The average Bonchev–Trinajstić information content (AvgIpc) is 3.03. The quantitative estimate of drug-likeness (QED) is 0.864. The molecule has 0 N–H and O–H groups in total. The maximum Gasteiger partial charge on any atom is 0.187 e. The molecule has 2 unspecified atom stereocenters. The first kappa shape index (κ1) is 11.3. The highest BCUT2D eigenvalue weighted by Gasteiger charge is 2.42. The van der Waals surface area contributed by atoms with Crippen molar-refractivity contribution in [2.75, 3.05) is 0 Å². The van der Waals surface area contributed by atoms with E-state index in [9.17, 15) is 0 Å². The first-order valence-corrected chi connectivity index (χ1v) is 6.74. The van der Waals surface area contributed by atoms with Crippen LogP contribution in [0.3, 0.4) is 0 Å². The van der Waals surface area contributed by atoms with Crippen molar-refractivity contribution in [1.82, 2.24) is 14.8 Å². The van der Waals surface area contributed by atoms with Crippen LogP contribution >= 0.6 is 28.6 Å². The fourth-order valence-corrected chi connectivity index (χ4v) is 2.81. The van der Waals surface area contributed by atoms with E-state index in [2.05, 4.69) is 63.0 Å². The largest absolute Gasteiger partial charge is 0.309 e. The van der Waals surface area contributed by atoms with Crippen molar-refractivity contribution in [3.05, 3.63) is 40.1 Å². The lowest BCUT2D eigenvalue weighted by Gasteiger charge is -2.02. The van der Waals surface area contributed by atoms with Crippen LogP contribution < -0.4 is 0 Å². The summed E-state index contributed by atoms with van der Waals surface area (Å²) < 4.78 is 3.10. The summed E-state index contributed by atoms with van der Waals surface area (Å²) >= 11 is 7.76. The fourth-order valence-electron chi connectivity index (χ4n) is 2.24. The number of thiol groups is 1. The molecule has 1 aliphatic carbocycles. The number of rotatable bonds is 2. The molecule has 1 fully saturated rings. The molecular weight excluding hydrogens is 298 g/mol. The Hall–Kier alpha value is -0.810. The first-order valence-electron chi connectivity index (χ1n) is 5.50. The van der Waals surface area contributed by atoms with Crippen LogP contribution in [0, 0.1) is 0 Å². The molecule has 0 aliphatic heterocycles. The molecule has 0 saturated heterocycles. The number of benzene rings is 1. The maximum absolute atomic E-state index is 4.26. The molecule has 1 heterocycles. The molecule has 1 aromatic carbocycles. The fraction of sp³-hybridized carbons (Fsp3) is 0.333. The second-order valence-corrected chi connectivity index (χ2v) is 5.74. The zero-order valence-corrected chi connectivity index (χ0v) is 11.8. The van der Waals surface area contributed by atoms with Crippen molar-refractivity contribution in [3.8, 4) is 0 Å². The van der Waals surface area contributed by atoms with Crippen molar-refractivity contribution < 1.29 is 0 Å². The first-order chi connectivity index (χ1) is 8.16. The lowest BCUT2D eigenvalue weighted by molar-refractivity contribution is 0.732. The number of nitrogens with zero attached hydrogens (tertiary/aromatic N) is 3. The van der Waals surface area contributed by atoms with E-state index in [4.69, 9.17) is 0 Å². The number of hydrogen-bond acceptors (Lipinski definition) is 3. The normalized spacial score (nSPS) is 22.8. The van der Waals surface area contributed by atoms with Crippen molar-refractivity contribution in [2.24, 2.45) is 7.05 Å². The van der Waals surface area contributed by atoms with E-state index in [0.717, 1.165) is 16.7 Å². The number of aromatic nitrogens is 3. The van der Waals surface area contributed by atoms with Crippen molar-refractivity contribution in [3.63, 3.8) is 0 Å². The Morgan fingerprint density at radius 1 is 1.35 bits per heavy atom. The summed E-state index contributed by atoms with van der Waals surface area (Å²) in [5.74, 6) is 2.10. The van der Waals surface area contributed by atoms with E-state index in [1.54, 1.807) is 0 Å². The summed E-state index contributed by atoms with van der Waals surface area (Å²) in [6, 6.07) is 8.49. The third-order valence-electron chi connectivity index (χ3n) is 3.28. The van der Waals surface area contributed by atoms with E-state index in [1.807, 2.05) is 11.6 Å². The molecule has 1 aliphatic rings. The Morgan fingerprint density at radius 2 is 2.18 bits per heavy atom. The van der Waals surface area contributed by atoms with Crippen LogP contribution in [0.2, 0.25) is 0 Å². The van der Waals surface area contributed by atoms with E-state index in [-0.39, 0.29) is 0 Å². The van der Waals surface area contributed by atoms with Gasteiger partial charge in [-0.1, -0.05) is 28.1 Å². The van der Waals surface area contributed by atoms with Crippen molar-refractivity contribution >= 4 is 28.6 Å². The van der Waals surface area contributed by atoms with Gasteiger partial charge in [0.05, 0.1) is 0 Å². The summed E-state index contributed by atoms with van der Waals surface area (Å²) in [4.78, 5) is 0. The van der Waals surface area contributed by atoms with Gasteiger partial charge in [0.15, 0.2) is 5.16 Å². The van der Waals surface area contributed by atoms with Gasteiger partial charge in [-0.2, -0.15) is 0 Å². The third kappa shape index (κ3) is 2.02. The highest BCUT2D eigenvalue weighted by molar-refractivity contribution is 9.10. The van der Waals surface area contributed by atoms with Crippen LogP contribution in [0.1, 0.15) is 29.6 Å². The van der Waals surface area contributed by atoms with E-state index in [1.165, 1.54) is 5.56 Å². The molecule has 3 rings (SSSR count). The van der Waals surface area contributed by atoms with Gasteiger partial charge in [-0.25, -0.2) is 0 Å². The molecule has 0 amide bonds. The number of halogens is 1. The van der Waals surface area contributed by atoms with Crippen LogP contribution in [0.25, 0.3) is 0 Å². The standard InChI is InChI=1S/C12H12BrN3S/c1-16-11(14-15-12(16)17)10-6-9(10)7-3-2-4-8(13)5-7/h2-5,9-10H,6H2,1H3,(H,15,17). The second kappa shape index (κ2) is 4.14. The van der Waals surface area contributed by atoms with Crippen LogP contribution in [0.15, 0.2) is 33.9 Å². The molecule has 1 aromatic heterocycles. The third-order valence-corrected chi connectivity index (χ3v) is 4.17. The smallest absolute Gasteiger partial charge is 0.187 e. The molecule has 2 atom stereocenters. The summed E-state index contributed by atoms with van der Waals surface area (Å²) in [6.45, 7) is 0. The highest BCUT2D eigenvalue weighted by atomic mass is 79.9. The van der Waals surface area contributed by atoms with Crippen LogP contribution in [-0.2, 0) is 7.05 Å². The minimum atomic E-state index is 0.489. The Bertz CT molecular complexity index is 567. The molecule has 0 bridgehead atoms. The lowest BCUT2D eigenvalue weighted by atomic mass is 10.1. The van der Waals surface area contributed by atoms with Gasteiger partial charge in [0.1, 0.15) is 5.82 Å². The zero-order chi connectivity index (χ0) is 12.0. The summed E-state index contributed by atoms with van der Waals surface area (Å²) in [6.07, 6.45) is 1.15. The van der Waals surface area contributed by atoms with E-state index >= 15 is 0 Å². The van der Waals surface area contributed by atoms with Gasteiger partial charge in [-0.05, 0) is 30.0 Å². The van der Waals surface area contributed by atoms with Gasteiger partial charge in [0, 0.05) is 17.4 Å². The van der Waals surface area contributed by atoms with E-state index in [0.29, 0.717) is 17.0 Å². The minimum absolute atomic E-state index is 0.489. The topological polar surface area (TPSA) is 30.7 Å². The predicted molar refractivity (Wildman–Crippen MR) is 72.5 cm³/mol. The van der Waals surface area contributed by atoms with Gasteiger partial charge in [0.25, 0.3) is 0 Å². The Labute approximate surface area is 114 Å². The number of hydrogen-bond donors (Lipinski definition) is 1. The maximum atomic E-state index is 4.26. The monoisotopic (exact) mass is 309 g/mol. The Kier molecular flexibility index (Phi) is 2.75. The molecule has 5 heteroatoms. The van der Waals surface area contributed by atoms with Crippen LogP contribution in [-0.4, -0.2) is 14.8 Å². The molecular formula is C12H12BrN3S. The average molecular weight is 310 g/mol. The summed E-state index contributed by atoms with van der Waals surface area (Å²) in [7, 11) is 1.97. The zero-order valence-electron chi connectivity index (χ0n) is 9.34. The second-order valence-electron chi connectivity index (χ2n) is 4.42. The minimum Gasteiger partial charge on any atom is -0.309 e. The molecule has 2 aromatic rings. The van der Waals surface area contributed by atoms with Gasteiger partial charge < -0.3 is 4.57 Å². The lowest BCUT2D eigenvalue weighted by Crippen LogP contribution is -1.97. The van der Waals surface area contributed by atoms with Crippen LogP contribution in [0.4, 0.5) is 0 Å². The van der Waals surface area contributed by atoms with E-state index < -0.39 is 0 Å². The molecule has 3 nitrogen and oxygen atoms in total. The predicted octanol–water partition coefficient (Wildman–Crippen LogP) is 3.14. The molecule has 88 valence electrons. The molecule has 0 spiro atoms. The van der Waals surface area contributed by atoms with Gasteiger partial charge in [-0.15, -0.1) is 22.8 Å². The van der Waals surface area contributed by atoms with Gasteiger partial charge in [0.2, 0.25) is 0 Å².